The molecule has 2 fully saturated rings. The molecule has 0 radical (unpaired) electrons. The van der Waals surface area contributed by atoms with E-state index in [0.29, 0.717) is 17.0 Å². The van der Waals surface area contributed by atoms with Gasteiger partial charge in [-0.15, -0.1) is 10.2 Å². The molecule has 3 heterocycles. The molecule has 1 aromatic rings. The van der Waals surface area contributed by atoms with Crippen LogP contribution in [0.3, 0.4) is 0 Å². The quantitative estimate of drug-likeness (QED) is 0.864. The lowest BCUT2D eigenvalue weighted by Crippen LogP contribution is -2.46. The molecule has 2 saturated heterocycles. The van der Waals surface area contributed by atoms with Gasteiger partial charge in [0.05, 0.1) is 6.10 Å². The van der Waals surface area contributed by atoms with E-state index in [-0.39, 0.29) is 18.2 Å². The fraction of sp³-hybridized carbons (Fsp3) is 0.812. The Labute approximate surface area is 147 Å². The maximum absolute atomic E-state index is 12.4. The highest BCUT2D eigenvalue weighted by Gasteiger charge is 2.35. The van der Waals surface area contributed by atoms with Crippen molar-refractivity contribution in [2.45, 2.75) is 51.7 Å². The van der Waals surface area contributed by atoms with Crippen LogP contribution in [0.4, 0.5) is 9.93 Å². The number of anilines is 1. The van der Waals surface area contributed by atoms with E-state index in [9.17, 15) is 4.79 Å². The van der Waals surface area contributed by atoms with Gasteiger partial charge in [0.2, 0.25) is 5.13 Å². The Morgan fingerprint density at radius 2 is 2.12 bits per heavy atom. The number of nitrogens with zero attached hydrogens (tertiary/aromatic N) is 3. The van der Waals surface area contributed by atoms with Crippen molar-refractivity contribution in [3.8, 4) is 0 Å². The molecule has 2 amide bonds. The second-order valence-corrected chi connectivity index (χ2v) is 8.20. The predicted octanol–water partition coefficient (Wildman–Crippen LogP) is 2.10. The summed E-state index contributed by atoms with van der Waals surface area (Å²) in [6.45, 7) is 6.53. The maximum atomic E-state index is 12.4. The van der Waals surface area contributed by atoms with E-state index in [2.05, 4.69) is 29.4 Å². The largest absolute Gasteiger partial charge is 0.376 e. The fourth-order valence-corrected chi connectivity index (χ4v) is 4.39. The van der Waals surface area contributed by atoms with Crippen LogP contribution in [-0.4, -0.2) is 53.0 Å². The van der Waals surface area contributed by atoms with Crippen molar-refractivity contribution in [2.75, 3.05) is 25.0 Å². The van der Waals surface area contributed by atoms with Gasteiger partial charge >= 0.3 is 6.03 Å². The molecule has 2 aliphatic rings. The molecule has 0 aromatic carbocycles. The van der Waals surface area contributed by atoms with Gasteiger partial charge in [-0.2, -0.15) is 0 Å². The molecule has 0 bridgehead atoms. The summed E-state index contributed by atoms with van der Waals surface area (Å²) in [5.74, 6) is 0.996. The fourth-order valence-electron chi connectivity index (χ4n) is 3.45. The third-order valence-corrected chi connectivity index (χ3v) is 5.60. The molecule has 3 rings (SSSR count). The molecule has 0 saturated carbocycles. The molecule has 24 heavy (non-hydrogen) atoms. The minimum absolute atomic E-state index is 0.0858. The predicted molar refractivity (Wildman–Crippen MR) is 94.1 cm³/mol. The maximum Gasteiger partial charge on any atom is 0.323 e. The first kappa shape index (κ1) is 17.6. The van der Waals surface area contributed by atoms with E-state index in [1.807, 2.05) is 4.90 Å². The van der Waals surface area contributed by atoms with E-state index < -0.39 is 0 Å². The molecule has 0 spiro atoms. The summed E-state index contributed by atoms with van der Waals surface area (Å²) in [6.07, 6.45) is 3.89. The van der Waals surface area contributed by atoms with Crippen molar-refractivity contribution in [3.63, 3.8) is 0 Å². The Morgan fingerprint density at radius 1 is 1.38 bits per heavy atom. The highest BCUT2D eigenvalue weighted by Crippen LogP contribution is 2.29. The van der Waals surface area contributed by atoms with Gasteiger partial charge in [-0.05, 0) is 31.1 Å². The van der Waals surface area contributed by atoms with Crippen LogP contribution >= 0.6 is 11.3 Å². The number of likely N-dealkylation sites (tertiary alicyclic amines) is 1. The third kappa shape index (κ3) is 4.23. The van der Waals surface area contributed by atoms with Crippen LogP contribution in [0.25, 0.3) is 0 Å². The smallest absolute Gasteiger partial charge is 0.323 e. The molecule has 134 valence electrons. The van der Waals surface area contributed by atoms with Gasteiger partial charge in [0.15, 0.2) is 0 Å². The van der Waals surface area contributed by atoms with Crippen molar-refractivity contribution in [1.29, 1.82) is 0 Å². The van der Waals surface area contributed by atoms with Gasteiger partial charge < -0.3 is 15.4 Å². The van der Waals surface area contributed by atoms with Gasteiger partial charge in [0.1, 0.15) is 5.01 Å². The molecule has 7 nitrogen and oxygen atoms in total. The summed E-state index contributed by atoms with van der Waals surface area (Å²) in [5, 5.41) is 12.6. The summed E-state index contributed by atoms with van der Waals surface area (Å²) < 4.78 is 5.77. The standard InChI is InChI=1S/C16H27N5O2S/c1-10(2)9-13-19-20-15(24-13)18-16(22)21-6-3-11(4-7-21)14-12(17)5-8-23-14/h10-12,14H,3-9,17H2,1-2H3,(H,18,20,22)/t12-,14+/m1/s1. The zero-order chi connectivity index (χ0) is 17.1. The number of rotatable bonds is 4. The van der Waals surface area contributed by atoms with Crippen molar-refractivity contribution in [1.82, 2.24) is 15.1 Å². The van der Waals surface area contributed by atoms with Crippen LogP contribution in [0.1, 0.15) is 38.1 Å². The molecule has 3 N–H and O–H groups in total. The Morgan fingerprint density at radius 3 is 2.75 bits per heavy atom. The highest BCUT2D eigenvalue weighted by molar-refractivity contribution is 7.15. The molecular weight excluding hydrogens is 326 g/mol. The van der Waals surface area contributed by atoms with Crippen LogP contribution in [-0.2, 0) is 11.2 Å². The number of hydrogen-bond donors (Lipinski definition) is 2. The topological polar surface area (TPSA) is 93.4 Å². The van der Waals surface area contributed by atoms with Crippen LogP contribution in [0.2, 0.25) is 0 Å². The number of amides is 2. The minimum atomic E-state index is -0.0858. The lowest BCUT2D eigenvalue weighted by molar-refractivity contribution is 0.0319. The lowest BCUT2D eigenvalue weighted by atomic mass is 9.88. The van der Waals surface area contributed by atoms with E-state index in [0.717, 1.165) is 50.4 Å². The van der Waals surface area contributed by atoms with E-state index in [1.165, 1.54) is 11.3 Å². The van der Waals surface area contributed by atoms with Gasteiger partial charge in [-0.25, -0.2) is 4.79 Å². The number of ether oxygens (including phenoxy) is 1. The number of nitrogens with two attached hydrogens (primary N) is 1. The molecule has 1 aromatic heterocycles. The number of urea groups is 1. The zero-order valence-corrected chi connectivity index (χ0v) is 15.2. The van der Waals surface area contributed by atoms with Crippen LogP contribution in [0.5, 0.6) is 0 Å². The summed E-state index contributed by atoms with van der Waals surface area (Å²) in [4.78, 5) is 14.2. The Bertz CT molecular complexity index is 556. The summed E-state index contributed by atoms with van der Waals surface area (Å²) in [5.41, 5.74) is 6.11. The second kappa shape index (κ2) is 7.76. The monoisotopic (exact) mass is 353 g/mol. The number of carbonyl (C=O) groups excluding carboxylic acids is 1. The SMILES string of the molecule is CC(C)Cc1nnc(NC(=O)N2CCC([C@@H]3OCC[C@H]3N)CC2)s1. The summed E-state index contributed by atoms with van der Waals surface area (Å²) in [7, 11) is 0. The molecule has 0 aliphatic carbocycles. The highest BCUT2D eigenvalue weighted by atomic mass is 32.1. The molecule has 0 unspecified atom stereocenters. The first-order valence-electron chi connectivity index (χ1n) is 8.78. The Hall–Kier alpha value is -1.25. The van der Waals surface area contributed by atoms with Crippen LogP contribution in [0.15, 0.2) is 0 Å². The normalized spacial score (nSPS) is 25.4. The van der Waals surface area contributed by atoms with Gasteiger partial charge in [-0.3, -0.25) is 5.32 Å². The number of piperidine rings is 1. The van der Waals surface area contributed by atoms with Gasteiger partial charge in [-0.1, -0.05) is 25.2 Å². The van der Waals surface area contributed by atoms with Crippen molar-refractivity contribution in [2.24, 2.45) is 17.6 Å². The molecule has 2 atom stereocenters. The van der Waals surface area contributed by atoms with Crippen molar-refractivity contribution in [3.05, 3.63) is 5.01 Å². The zero-order valence-electron chi connectivity index (χ0n) is 14.4. The first-order valence-corrected chi connectivity index (χ1v) is 9.60. The Kier molecular flexibility index (Phi) is 5.68. The average molecular weight is 353 g/mol. The van der Waals surface area contributed by atoms with Crippen molar-refractivity contribution < 1.29 is 9.53 Å². The number of carbonyl (C=O) groups is 1. The molecular formula is C16H27N5O2S. The molecule has 8 heteroatoms. The number of hydrogen-bond acceptors (Lipinski definition) is 6. The number of nitrogens with one attached hydrogen (secondary N) is 1. The third-order valence-electron chi connectivity index (χ3n) is 4.74. The minimum Gasteiger partial charge on any atom is -0.376 e. The summed E-state index contributed by atoms with van der Waals surface area (Å²) in [6, 6.07) is 0.0634. The van der Waals surface area contributed by atoms with Crippen LogP contribution < -0.4 is 11.1 Å². The molecule has 2 aliphatic heterocycles. The second-order valence-electron chi connectivity index (χ2n) is 7.14. The van der Waals surface area contributed by atoms with Crippen LogP contribution in [0, 0.1) is 11.8 Å². The van der Waals surface area contributed by atoms with Gasteiger partial charge in [0, 0.05) is 32.2 Å². The lowest BCUT2D eigenvalue weighted by Gasteiger charge is -2.35. The van der Waals surface area contributed by atoms with E-state index >= 15 is 0 Å². The van der Waals surface area contributed by atoms with E-state index in [1.54, 1.807) is 0 Å². The summed E-state index contributed by atoms with van der Waals surface area (Å²) >= 11 is 1.46. The average Bonchev–Trinajstić information content (AvgIpc) is 3.16. The van der Waals surface area contributed by atoms with Gasteiger partial charge in [0.25, 0.3) is 0 Å². The van der Waals surface area contributed by atoms with E-state index in [4.69, 9.17) is 10.5 Å². The number of aromatic nitrogens is 2. The Balaban J connectivity index is 1.47. The first-order chi connectivity index (χ1) is 11.5. The van der Waals surface area contributed by atoms with Crippen molar-refractivity contribution >= 4 is 22.5 Å².